The van der Waals surface area contributed by atoms with Gasteiger partial charge >= 0.3 is 0 Å². The molecule has 7 heteroatoms. The highest BCUT2D eigenvalue weighted by atomic mass is 32.7. The number of benzene rings is 1. The van der Waals surface area contributed by atoms with Crippen LogP contribution < -0.4 is 25.4 Å². The van der Waals surface area contributed by atoms with Crippen molar-refractivity contribution in [2.24, 2.45) is 0 Å². The highest BCUT2D eigenvalue weighted by molar-refractivity contribution is 8.52. The molecular weight excluding hydrogens is 231 g/mol. The molecule has 0 saturated carbocycles. The van der Waals surface area contributed by atoms with Crippen LogP contribution in [-0.4, -0.2) is 14.1 Å². The minimum Gasteiger partial charge on any atom is -0.419 e. The predicted molar refractivity (Wildman–Crippen MR) is 66.0 cm³/mol. The first-order chi connectivity index (χ1) is 7.36. The Morgan fingerprint density at radius 2 is 1.67 bits per heavy atom. The lowest BCUT2D eigenvalue weighted by Gasteiger charge is -2.16. The maximum atomic E-state index is 5.51. The second-order valence-electron chi connectivity index (χ2n) is 2.49. The maximum Gasteiger partial charge on any atom is 0.169 e. The van der Waals surface area contributed by atoms with Gasteiger partial charge in [0.2, 0.25) is 0 Å². The first kappa shape index (κ1) is 12.7. The van der Waals surface area contributed by atoms with E-state index in [1.54, 1.807) is 0 Å². The molecule has 0 spiro atoms. The molecule has 0 heterocycles. The van der Waals surface area contributed by atoms with Gasteiger partial charge in [0.15, 0.2) is 7.42 Å². The minimum atomic E-state index is -0.712. The van der Waals surface area contributed by atoms with Crippen molar-refractivity contribution in [3.8, 4) is 5.75 Å². The monoisotopic (exact) mass is 246 g/mol. The SMILES string of the molecule is CNNP(NNC)SOc1ccccc1. The Kier molecular flexibility index (Phi) is 6.67. The molecule has 0 aliphatic heterocycles. The molecule has 0 aliphatic carbocycles. The van der Waals surface area contributed by atoms with Crippen molar-refractivity contribution in [2.75, 3.05) is 14.1 Å². The van der Waals surface area contributed by atoms with E-state index in [0.717, 1.165) is 5.75 Å². The van der Waals surface area contributed by atoms with Gasteiger partial charge in [0.1, 0.15) is 17.4 Å². The smallest absolute Gasteiger partial charge is 0.169 e. The van der Waals surface area contributed by atoms with Crippen molar-refractivity contribution in [1.29, 1.82) is 0 Å². The van der Waals surface area contributed by atoms with E-state index in [1.165, 1.54) is 11.7 Å². The van der Waals surface area contributed by atoms with Gasteiger partial charge in [-0.1, -0.05) is 18.2 Å². The molecule has 0 aromatic heterocycles. The second-order valence-corrected chi connectivity index (χ2v) is 5.38. The summed E-state index contributed by atoms with van der Waals surface area (Å²) in [5, 5.41) is 6.07. The molecule has 0 bridgehead atoms. The van der Waals surface area contributed by atoms with Crippen molar-refractivity contribution in [1.82, 2.24) is 21.2 Å². The lowest BCUT2D eigenvalue weighted by atomic mass is 10.3. The van der Waals surface area contributed by atoms with Gasteiger partial charge in [-0.25, -0.2) is 10.4 Å². The lowest BCUT2D eigenvalue weighted by molar-refractivity contribution is 0.652. The average Bonchev–Trinajstić information content (AvgIpc) is 2.28. The van der Waals surface area contributed by atoms with Crippen LogP contribution in [0.4, 0.5) is 0 Å². The van der Waals surface area contributed by atoms with Crippen LogP contribution in [0, 0.1) is 0 Å². The van der Waals surface area contributed by atoms with E-state index in [1.807, 2.05) is 44.4 Å². The Balaban J connectivity index is 2.33. The van der Waals surface area contributed by atoms with Gasteiger partial charge in [-0.05, 0) is 26.2 Å². The summed E-state index contributed by atoms with van der Waals surface area (Å²) >= 11 is 1.34. The Morgan fingerprint density at radius 3 is 2.20 bits per heavy atom. The molecule has 1 aromatic carbocycles. The number of hydrogen-bond acceptors (Lipinski definition) is 6. The van der Waals surface area contributed by atoms with Crippen molar-refractivity contribution in [3.05, 3.63) is 30.3 Å². The first-order valence-electron chi connectivity index (χ1n) is 4.41. The Labute approximate surface area is 95.1 Å². The maximum absolute atomic E-state index is 5.51. The van der Waals surface area contributed by atoms with Gasteiger partial charge in [0.25, 0.3) is 0 Å². The third kappa shape index (κ3) is 5.32. The normalized spacial score (nSPS) is 10.6. The topological polar surface area (TPSA) is 57.3 Å². The van der Waals surface area contributed by atoms with Gasteiger partial charge in [-0.3, -0.25) is 10.9 Å². The van der Waals surface area contributed by atoms with Crippen LogP contribution in [0.2, 0.25) is 0 Å². The molecule has 1 aromatic rings. The van der Waals surface area contributed by atoms with E-state index in [9.17, 15) is 0 Å². The van der Waals surface area contributed by atoms with Gasteiger partial charge in [-0.15, -0.1) is 0 Å². The fourth-order valence-corrected chi connectivity index (χ4v) is 2.89. The molecule has 0 radical (unpaired) electrons. The number of para-hydroxylation sites is 1. The lowest BCUT2D eigenvalue weighted by Crippen LogP contribution is -2.32. The molecule has 0 unspecified atom stereocenters. The number of hydrazine groups is 2. The van der Waals surface area contributed by atoms with E-state index in [2.05, 4.69) is 21.2 Å². The predicted octanol–water partition coefficient (Wildman–Crippen LogP) is 1.39. The molecule has 0 fully saturated rings. The summed E-state index contributed by atoms with van der Waals surface area (Å²) in [6, 6.07) is 9.67. The zero-order valence-electron chi connectivity index (χ0n) is 8.65. The van der Waals surface area contributed by atoms with E-state index >= 15 is 0 Å². The summed E-state index contributed by atoms with van der Waals surface area (Å²) in [4.78, 5) is 0. The Bertz CT molecular complexity index is 258. The third-order valence-corrected chi connectivity index (χ3v) is 3.87. The standard InChI is InChI=1S/C8H15N4OPS/c1-9-11-14(12-10-2)15-13-8-6-4-3-5-7-8/h3-7,9-12H,1-2H3. The zero-order valence-corrected chi connectivity index (χ0v) is 10.4. The Hall–Kier alpha value is -0.360. The van der Waals surface area contributed by atoms with Crippen molar-refractivity contribution >= 4 is 19.1 Å². The summed E-state index contributed by atoms with van der Waals surface area (Å²) in [6.45, 7) is 0. The molecule has 0 atom stereocenters. The number of rotatable bonds is 7. The Morgan fingerprint density at radius 1 is 1.07 bits per heavy atom. The molecule has 0 amide bonds. The summed E-state index contributed by atoms with van der Waals surface area (Å²) in [5.41, 5.74) is 5.73. The molecule has 1 rings (SSSR count). The van der Waals surface area contributed by atoms with E-state index < -0.39 is 7.42 Å². The molecule has 5 nitrogen and oxygen atoms in total. The van der Waals surface area contributed by atoms with E-state index in [4.69, 9.17) is 4.18 Å². The zero-order chi connectivity index (χ0) is 10.9. The molecule has 0 aliphatic rings. The van der Waals surface area contributed by atoms with Crippen LogP contribution in [0.3, 0.4) is 0 Å². The first-order valence-corrected chi connectivity index (χ1v) is 7.10. The summed E-state index contributed by atoms with van der Waals surface area (Å²) in [7, 11) is 2.92. The summed E-state index contributed by atoms with van der Waals surface area (Å²) in [5.74, 6) is 0.839. The molecular formula is C8H15N4OPS. The summed E-state index contributed by atoms with van der Waals surface area (Å²) in [6.07, 6.45) is 0. The van der Waals surface area contributed by atoms with Crippen LogP contribution >= 0.6 is 19.1 Å². The van der Waals surface area contributed by atoms with Crippen LogP contribution in [0.25, 0.3) is 0 Å². The molecule has 15 heavy (non-hydrogen) atoms. The van der Waals surface area contributed by atoms with Gasteiger partial charge in [0, 0.05) is 0 Å². The average molecular weight is 246 g/mol. The van der Waals surface area contributed by atoms with Gasteiger partial charge < -0.3 is 4.18 Å². The second kappa shape index (κ2) is 7.87. The highest BCUT2D eigenvalue weighted by Crippen LogP contribution is 2.40. The molecule has 4 N–H and O–H groups in total. The van der Waals surface area contributed by atoms with Crippen LogP contribution in [0.5, 0.6) is 5.75 Å². The van der Waals surface area contributed by atoms with E-state index in [-0.39, 0.29) is 0 Å². The largest absolute Gasteiger partial charge is 0.419 e. The van der Waals surface area contributed by atoms with Gasteiger partial charge in [-0.2, -0.15) is 0 Å². The van der Waals surface area contributed by atoms with Crippen LogP contribution in [0.1, 0.15) is 0 Å². The third-order valence-electron chi connectivity index (χ3n) is 1.38. The highest BCUT2D eigenvalue weighted by Gasteiger charge is 2.08. The quantitative estimate of drug-likeness (QED) is 0.331. The van der Waals surface area contributed by atoms with Crippen LogP contribution in [0.15, 0.2) is 30.3 Å². The minimum absolute atomic E-state index is 0.712. The van der Waals surface area contributed by atoms with Crippen molar-refractivity contribution in [3.63, 3.8) is 0 Å². The number of nitrogens with one attached hydrogen (secondary N) is 4. The molecule has 0 saturated heterocycles. The fourth-order valence-electron chi connectivity index (χ4n) is 0.825. The van der Waals surface area contributed by atoms with Crippen molar-refractivity contribution < 1.29 is 4.18 Å². The van der Waals surface area contributed by atoms with Gasteiger partial charge in [0.05, 0.1) is 0 Å². The number of hydrogen-bond donors (Lipinski definition) is 4. The fraction of sp³-hybridized carbons (Fsp3) is 0.250. The van der Waals surface area contributed by atoms with Crippen LogP contribution in [-0.2, 0) is 0 Å². The van der Waals surface area contributed by atoms with E-state index in [0.29, 0.717) is 0 Å². The summed E-state index contributed by atoms with van der Waals surface area (Å²) < 4.78 is 5.51. The van der Waals surface area contributed by atoms with Crippen molar-refractivity contribution in [2.45, 2.75) is 0 Å². The molecule has 84 valence electrons.